The summed E-state index contributed by atoms with van der Waals surface area (Å²) in [7, 11) is -0.952. The van der Waals surface area contributed by atoms with Crippen LogP contribution in [0.2, 0.25) is 0 Å². The lowest BCUT2D eigenvalue weighted by atomic mass is 10.4. The largest absolute Gasteiger partial charge is 0.405 e. The van der Waals surface area contributed by atoms with E-state index in [1.165, 1.54) is 26.2 Å². The molecule has 1 aromatic heterocycles. The van der Waals surface area contributed by atoms with Crippen molar-refractivity contribution in [3.05, 3.63) is 18.3 Å². The summed E-state index contributed by atoms with van der Waals surface area (Å²) in [6.07, 6.45) is -3.37. The smallest absolute Gasteiger partial charge is 0.346 e. The standard InChI is InChI=1S/C11H17F3N4O2S/c1-17(2)21(19,20)9-3-4-10(16-7-9)18(6-5-15)8-11(12,13)14/h3-4,7H,5-6,8,15H2,1-2H3. The summed E-state index contributed by atoms with van der Waals surface area (Å²) in [6.45, 7) is -1.21. The number of halogens is 3. The molecule has 0 atom stereocenters. The Morgan fingerprint density at radius 1 is 1.29 bits per heavy atom. The van der Waals surface area contributed by atoms with Gasteiger partial charge in [-0.25, -0.2) is 17.7 Å². The van der Waals surface area contributed by atoms with E-state index in [0.717, 1.165) is 15.4 Å². The number of pyridine rings is 1. The number of anilines is 1. The van der Waals surface area contributed by atoms with Gasteiger partial charge in [0, 0.05) is 33.4 Å². The van der Waals surface area contributed by atoms with Crippen molar-refractivity contribution in [3.8, 4) is 0 Å². The third-order valence-electron chi connectivity index (χ3n) is 2.59. The van der Waals surface area contributed by atoms with Crippen molar-refractivity contribution in [2.45, 2.75) is 11.1 Å². The second-order valence-corrected chi connectivity index (χ2v) is 6.62. The van der Waals surface area contributed by atoms with Crippen LogP contribution in [-0.2, 0) is 10.0 Å². The maximum Gasteiger partial charge on any atom is 0.405 e. The van der Waals surface area contributed by atoms with Gasteiger partial charge in [0.1, 0.15) is 17.3 Å². The normalized spacial score (nSPS) is 12.7. The maximum absolute atomic E-state index is 12.5. The summed E-state index contributed by atoms with van der Waals surface area (Å²) in [5.74, 6) is 0.0236. The Morgan fingerprint density at radius 2 is 1.90 bits per heavy atom. The molecule has 0 amide bonds. The first-order valence-corrected chi connectivity index (χ1v) is 7.42. The molecule has 0 unspecified atom stereocenters. The summed E-state index contributed by atoms with van der Waals surface area (Å²) < 4.78 is 62.1. The summed E-state index contributed by atoms with van der Waals surface area (Å²) in [5, 5.41) is 0. The zero-order valence-corrected chi connectivity index (χ0v) is 12.4. The van der Waals surface area contributed by atoms with Crippen LogP contribution in [0.25, 0.3) is 0 Å². The average Bonchev–Trinajstić information content (AvgIpc) is 2.36. The van der Waals surface area contributed by atoms with E-state index in [-0.39, 0.29) is 23.8 Å². The molecule has 6 nitrogen and oxygen atoms in total. The van der Waals surface area contributed by atoms with Crippen molar-refractivity contribution in [1.82, 2.24) is 9.29 Å². The number of sulfonamides is 1. The van der Waals surface area contributed by atoms with Crippen LogP contribution >= 0.6 is 0 Å². The highest BCUT2D eigenvalue weighted by Crippen LogP contribution is 2.21. The van der Waals surface area contributed by atoms with E-state index in [9.17, 15) is 21.6 Å². The minimum absolute atomic E-state index is 0.0233. The zero-order valence-electron chi connectivity index (χ0n) is 11.6. The fraction of sp³-hybridized carbons (Fsp3) is 0.545. The molecule has 1 aromatic rings. The van der Waals surface area contributed by atoms with Crippen LogP contribution < -0.4 is 10.6 Å². The van der Waals surface area contributed by atoms with E-state index in [4.69, 9.17) is 5.73 Å². The van der Waals surface area contributed by atoms with E-state index in [2.05, 4.69) is 4.98 Å². The monoisotopic (exact) mass is 326 g/mol. The Balaban J connectivity index is 3.03. The summed E-state index contributed by atoms with van der Waals surface area (Å²) >= 11 is 0. The molecule has 120 valence electrons. The third kappa shape index (κ3) is 4.83. The van der Waals surface area contributed by atoms with Crippen LogP contribution in [0, 0.1) is 0 Å². The van der Waals surface area contributed by atoms with Crippen LogP contribution in [0.15, 0.2) is 23.2 Å². The Kier molecular flexibility index (Phi) is 5.54. The number of hydrogen-bond acceptors (Lipinski definition) is 5. The Hall–Kier alpha value is -1.39. The van der Waals surface area contributed by atoms with Gasteiger partial charge < -0.3 is 10.6 Å². The number of aromatic nitrogens is 1. The van der Waals surface area contributed by atoms with Gasteiger partial charge in [0.05, 0.1) is 0 Å². The summed E-state index contributed by atoms with van der Waals surface area (Å²) in [6, 6.07) is 2.45. The molecule has 0 aliphatic heterocycles. The lowest BCUT2D eigenvalue weighted by Crippen LogP contribution is -2.38. The first-order valence-electron chi connectivity index (χ1n) is 5.98. The molecule has 0 aromatic carbocycles. The van der Waals surface area contributed by atoms with E-state index in [1.54, 1.807) is 0 Å². The van der Waals surface area contributed by atoms with Crippen molar-refractivity contribution in [2.24, 2.45) is 5.73 Å². The molecule has 1 rings (SSSR count). The van der Waals surface area contributed by atoms with Gasteiger partial charge in [-0.1, -0.05) is 0 Å². The highest BCUT2D eigenvalue weighted by Gasteiger charge is 2.31. The van der Waals surface area contributed by atoms with Crippen molar-refractivity contribution in [2.75, 3.05) is 38.6 Å². The van der Waals surface area contributed by atoms with Gasteiger partial charge in [-0.15, -0.1) is 0 Å². The molecule has 21 heavy (non-hydrogen) atoms. The van der Waals surface area contributed by atoms with Crippen molar-refractivity contribution >= 4 is 15.8 Å². The number of nitrogens with zero attached hydrogens (tertiary/aromatic N) is 3. The van der Waals surface area contributed by atoms with Crippen molar-refractivity contribution in [3.63, 3.8) is 0 Å². The average molecular weight is 326 g/mol. The van der Waals surface area contributed by atoms with Gasteiger partial charge in [0.25, 0.3) is 0 Å². The van der Waals surface area contributed by atoms with Crippen LogP contribution in [-0.4, -0.2) is 57.6 Å². The molecule has 0 radical (unpaired) electrons. The minimum Gasteiger partial charge on any atom is -0.346 e. The predicted octanol–water partition coefficient (Wildman–Crippen LogP) is 0.659. The number of rotatable bonds is 6. The van der Waals surface area contributed by atoms with Gasteiger partial charge in [0.15, 0.2) is 0 Å². The Morgan fingerprint density at radius 3 is 2.29 bits per heavy atom. The van der Waals surface area contributed by atoms with E-state index < -0.39 is 22.7 Å². The van der Waals surface area contributed by atoms with Crippen LogP contribution in [0.4, 0.5) is 19.0 Å². The number of alkyl halides is 3. The third-order valence-corrected chi connectivity index (χ3v) is 4.39. The van der Waals surface area contributed by atoms with E-state index in [1.807, 2.05) is 0 Å². The van der Waals surface area contributed by atoms with Crippen LogP contribution in [0.1, 0.15) is 0 Å². The highest BCUT2D eigenvalue weighted by molar-refractivity contribution is 7.89. The number of nitrogens with two attached hydrogens (primary N) is 1. The lowest BCUT2D eigenvalue weighted by molar-refractivity contribution is -0.119. The molecule has 0 fully saturated rings. The quantitative estimate of drug-likeness (QED) is 0.831. The SMILES string of the molecule is CN(C)S(=O)(=O)c1ccc(N(CCN)CC(F)(F)F)nc1. The van der Waals surface area contributed by atoms with Gasteiger partial charge in [-0.3, -0.25) is 0 Å². The van der Waals surface area contributed by atoms with Crippen molar-refractivity contribution < 1.29 is 21.6 Å². The molecule has 0 saturated carbocycles. The van der Waals surface area contributed by atoms with Gasteiger partial charge in [-0.2, -0.15) is 13.2 Å². The second kappa shape index (κ2) is 6.58. The van der Waals surface area contributed by atoms with Gasteiger partial charge >= 0.3 is 6.18 Å². The zero-order chi connectivity index (χ0) is 16.3. The second-order valence-electron chi connectivity index (χ2n) is 4.46. The first-order chi connectivity index (χ1) is 9.58. The first kappa shape index (κ1) is 17.7. The van der Waals surface area contributed by atoms with E-state index >= 15 is 0 Å². The molecule has 2 N–H and O–H groups in total. The minimum atomic E-state index is -4.40. The lowest BCUT2D eigenvalue weighted by Gasteiger charge is -2.24. The Bertz CT molecular complexity index is 558. The molecule has 0 spiro atoms. The molecule has 0 bridgehead atoms. The fourth-order valence-electron chi connectivity index (χ4n) is 1.57. The summed E-state index contributed by atoms with van der Waals surface area (Å²) in [5.41, 5.74) is 5.29. The maximum atomic E-state index is 12.5. The number of hydrogen-bond donors (Lipinski definition) is 1. The molecule has 1 heterocycles. The predicted molar refractivity (Wildman–Crippen MR) is 72.4 cm³/mol. The molecular weight excluding hydrogens is 309 g/mol. The molecule has 0 aliphatic carbocycles. The molecule has 10 heteroatoms. The molecule has 0 saturated heterocycles. The fourth-order valence-corrected chi connectivity index (χ4v) is 2.42. The Labute approximate surface area is 121 Å². The molecular formula is C11H17F3N4O2S. The van der Waals surface area contributed by atoms with Gasteiger partial charge in [0.2, 0.25) is 10.0 Å². The van der Waals surface area contributed by atoms with E-state index in [0.29, 0.717) is 0 Å². The summed E-state index contributed by atoms with van der Waals surface area (Å²) in [4.78, 5) is 4.66. The van der Waals surface area contributed by atoms with Crippen molar-refractivity contribution in [1.29, 1.82) is 0 Å². The highest BCUT2D eigenvalue weighted by atomic mass is 32.2. The van der Waals surface area contributed by atoms with Gasteiger partial charge in [-0.05, 0) is 12.1 Å². The van der Waals surface area contributed by atoms with Crippen LogP contribution in [0.5, 0.6) is 0 Å². The van der Waals surface area contributed by atoms with Crippen LogP contribution in [0.3, 0.4) is 0 Å². The molecule has 0 aliphatic rings. The topological polar surface area (TPSA) is 79.5 Å².